The highest BCUT2D eigenvalue weighted by atomic mass is 79.9. The van der Waals surface area contributed by atoms with Crippen LogP contribution in [0.1, 0.15) is 64.7 Å². The summed E-state index contributed by atoms with van der Waals surface area (Å²) in [6, 6.07) is 0. The highest BCUT2D eigenvalue weighted by molar-refractivity contribution is 9.12. The van der Waals surface area contributed by atoms with Crippen LogP contribution in [0.4, 0.5) is 0 Å². The van der Waals surface area contributed by atoms with E-state index in [1.165, 1.54) is 51.4 Å². The molecule has 0 spiro atoms. The molecule has 0 nitrogen and oxygen atoms in total. The van der Waals surface area contributed by atoms with E-state index in [1.54, 1.807) is 0 Å². The van der Waals surface area contributed by atoms with E-state index in [2.05, 4.69) is 37.8 Å². The highest BCUT2D eigenvalue weighted by Crippen LogP contribution is 2.20. The van der Waals surface area contributed by atoms with Crippen molar-refractivity contribution < 1.29 is 0 Å². The first kappa shape index (κ1) is 20.1. The maximum Gasteiger partial charge on any atom is 0.107 e. The molecule has 0 fully saturated rings. The Labute approximate surface area is 143 Å². The van der Waals surface area contributed by atoms with Gasteiger partial charge in [-0.05, 0) is 40.8 Å². The monoisotopic (exact) mass is 398 g/mol. The van der Waals surface area contributed by atoms with Gasteiger partial charge in [0.2, 0.25) is 0 Å². The molecule has 0 aliphatic carbocycles. The van der Waals surface area contributed by atoms with Crippen LogP contribution in [-0.2, 0) is 0 Å². The molecule has 0 amide bonds. The molecule has 0 atom stereocenters. The second-order valence-electron chi connectivity index (χ2n) is 5.14. The first-order valence-electron chi connectivity index (χ1n) is 7.46. The summed E-state index contributed by atoms with van der Waals surface area (Å²) in [4.78, 5) is 0. The van der Waals surface area contributed by atoms with Crippen LogP contribution in [0.3, 0.4) is 0 Å². The van der Waals surface area contributed by atoms with Crippen molar-refractivity contribution in [2.45, 2.75) is 64.7 Å². The molecule has 0 rings (SSSR count). The minimum Gasteiger partial charge on any atom is -0.120 e. The predicted octanol–water partition coefficient (Wildman–Crippen LogP) is 6.25. The Hall–Kier alpha value is 0.0649. The van der Waals surface area contributed by atoms with E-state index >= 15 is 0 Å². The summed E-state index contributed by atoms with van der Waals surface area (Å²) in [5.41, 5.74) is 1.95. The van der Waals surface area contributed by atoms with Crippen LogP contribution in [0.5, 0.6) is 0 Å². The molecular weight excluding hydrogens is 375 g/mol. The van der Waals surface area contributed by atoms with E-state index in [-0.39, 0.29) is 0 Å². The maximum absolute atomic E-state index is 5.73. The van der Waals surface area contributed by atoms with E-state index < -0.39 is 0 Å². The van der Waals surface area contributed by atoms with Crippen LogP contribution in [0.15, 0.2) is 21.6 Å². The zero-order valence-electron chi connectivity index (χ0n) is 12.6. The van der Waals surface area contributed by atoms with Crippen LogP contribution < -0.4 is 0 Å². The van der Waals surface area contributed by atoms with Gasteiger partial charge in [-0.3, -0.25) is 0 Å². The van der Waals surface area contributed by atoms with Crippen LogP contribution in [0, 0.1) is 12.3 Å². The molecule has 0 N–H and O–H groups in total. The Kier molecular flexibility index (Phi) is 14.1. The Morgan fingerprint density at radius 1 is 1.05 bits per heavy atom. The molecule has 0 saturated heterocycles. The van der Waals surface area contributed by atoms with Gasteiger partial charge in [0.25, 0.3) is 0 Å². The van der Waals surface area contributed by atoms with Gasteiger partial charge >= 0.3 is 0 Å². The van der Waals surface area contributed by atoms with Gasteiger partial charge in [0.05, 0.1) is 4.48 Å². The molecule has 2 radical (unpaired) electrons. The van der Waals surface area contributed by atoms with Gasteiger partial charge < -0.3 is 0 Å². The first-order chi connectivity index (χ1) is 9.61. The van der Waals surface area contributed by atoms with Crippen molar-refractivity contribution in [3.63, 3.8) is 0 Å². The third kappa shape index (κ3) is 11.9. The van der Waals surface area contributed by atoms with E-state index in [9.17, 15) is 0 Å². The zero-order chi connectivity index (χ0) is 15.2. The maximum atomic E-state index is 5.73. The number of halogens is 2. The largest absolute Gasteiger partial charge is 0.120 e. The van der Waals surface area contributed by atoms with Crippen molar-refractivity contribution in [2.24, 2.45) is 0 Å². The van der Waals surface area contributed by atoms with Gasteiger partial charge in [-0.1, -0.05) is 73.4 Å². The highest BCUT2D eigenvalue weighted by Gasteiger charge is 2.00. The minimum atomic E-state index is 0.805. The molecule has 0 aliphatic rings. The van der Waals surface area contributed by atoms with Crippen molar-refractivity contribution in [2.75, 3.05) is 5.33 Å². The first-order valence-corrected chi connectivity index (χ1v) is 9.38. The number of allylic oxidation sites excluding steroid dienone is 4. The zero-order valence-corrected chi connectivity index (χ0v) is 15.7. The van der Waals surface area contributed by atoms with Crippen LogP contribution in [0.2, 0.25) is 0 Å². The van der Waals surface area contributed by atoms with Crippen molar-refractivity contribution >= 4 is 39.7 Å². The van der Waals surface area contributed by atoms with Gasteiger partial charge in [0.1, 0.15) is 7.85 Å². The smallest absolute Gasteiger partial charge is 0.107 e. The molecule has 0 aromatic rings. The van der Waals surface area contributed by atoms with Crippen molar-refractivity contribution in [1.29, 1.82) is 0 Å². The van der Waals surface area contributed by atoms with Gasteiger partial charge in [-0.25, -0.2) is 0 Å². The summed E-state index contributed by atoms with van der Waals surface area (Å²) in [5.74, 6) is 2.64. The van der Waals surface area contributed by atoms with Crippen LogP contribution in [0.25, 0.3) is 0 Å². The summed E-state index contributed by atoms with van der Waals surface area (Å²) in [6.45, 7) is 1.89. The number of hydrogen-bond donors (Lipinski definition) is 0. The lowest BCUT2D eigenvalue weighted by molar-refractivity contribution is 0.577. The van der Waals surface area contributed by atoms with Crippen LogP contribution >= 0.6 is 31.9 Å². The molecule has 0 bridgehead atoms. The number of alkyl halides is 1. The van der Waals surface area contributed by atoms with E-state index in [1.807, 2.05) is 13.0 Å². The predicted molar refractivity (Wildman–Crippen MR) is 99.6 cm³/mol. The average molecular weight is 400 g/mol. The summed E-state index contributed by atoms with van der Waals surface area (Å²) in [5, 5.41) is 1.14. The Bertz CT molecular complexity index is 346. The number of unbranched alkanes of at least 4 members (excludes halogenated alkanes) is 7. The molecule has 0 heterocycles. The second kappa shape index (κ2) is 14.0. The molecule has 0 aromatic heterocycles. The molecule has 0 aromatic carbocycles. The normalized spacial score (nSPS) is 13.0. The molecule has 20 heavy (non-hydrogen) atoms. The fourth-order valence-electron chi connectivity index (χ4n) is 2.08. The summed E-state index contributed by atoms with van der Waals surface area (Å²) >= 11 is 6.89. The Morgan fingerprint density at radius 3 is 2.00 bits per heavy atom. The molecule has 3 heteroatoms. The lowest BCUT2D eigenvalue weighted by Gasteiger charge is -2.05. The van der Waals surface area contributed by atoms with Crippen molar-refractivity contribution in [1.82, 2.24) is 0 Å². The van der Waals surface area contributed by atoms with Gasteiger partial charge in [-0.15, -0.1) is 11.9 Å². The number of terminal acetylenes is 1. The van der Waals surface area contributed by atoms with Gasteiger partial charge in [0.15, 0.2) is 0 Å². The third-order valence-electron chi connectivity index (χ3n) is 3.14. The van der Waals surface area contributed by atoms with E-state index in [0.717, 1.165) is 27.3 Å². The van der Waals surface area contributed by atoms with Gasteiger partial charge in [0, 0.05) is 5.33 Å². The minimum absolute atomic E-state index is 0.805. The topological polar surface area (TPSA) is 0 Å². The summed E-state index contributed by atoms with van der Waals surface area (Å²) < 4.78 is 0.831. The quantitative estimate of drug-likeness (QED) is 0.127. The lowest BCUT2D eigenvalue weighted by Crippen LogP contribution is -1.87. The van der Waals surface area contributed by atoms with Crippen LogP contribution in [-0.4, -0.2) is 13.2 Å². The standard InChI is InChI=1S/C17H25BBr2/c1-3-17(20)16(14-15(2)18)12-10-8-6-4-5-7-9-11-13-19/h1,14H,4-13H2,2H3/b15-14+,17-16+. The number of hydrogen-bond acceptors (Lipinski definition) is 0. The summed E-state index contributed by atoms with van der Waals surface area (Å²) in [6.07, 6.45) is 18.9. The molecule has 110 valence electrons. The SMILES string of the molecule is [B]/C(C)=C/C(CCCCCCCCCCBr)=C(/Br)C#C. The third-order valence-corrected chi connectivity index (χ3v) is 4.44. The fourth-order valence-corrected chi connectivity index (χ4v) is 2.79. The molecular formula is C17H25BBr2. The van der Waals surface area contributed by atoms with E-state index in [0.29, 0.717) is 0 Å². The molecule has 0 saturated carbocycles. The Balaban J connectivity index is 3.77. The molecule has 0 unspecified atom stereocenters. The average Bonchev–Trinajstić information content (AvgIpc) is 2.43. The van der Waals surface area contributed by atoms with Crippen molar-refractivity contribution in [3.05, 3.63) is 21.6 Å². The lowest BCUT2D eigenvalue weighted by atomic mass is 9.93. The van der Waals surface area contributed by atoms with E-state index in [4.69, 9.17) is 14.3 Å². The summed E-state index contributed by atoms with van der Waals surface area (Å²) in [7, 11) is 5.73. The Morgan fingerprint density at radius 2 is 1.55 bits per heavy atom. The fraction of sp³-hybridized carbons (Fsp3) is 0.647. The van der Waals surface area contributed by atoms with Gasteiger partial charge in [-0.2, -0.15) is 0 Å². The van der Waals surface area contributed by atoms with Crippen molar-refractivity contribution in [3.8, 4) is 12.3 Å². The second-order valence-corrected chi connectivity index (χ2v) is 6.73. The molecule has 0 aliphatic heterocycles. The number of rotatable bonds is 11.